The maximum atomic E-state index is 5.82. The molecule has 4 heteroatoms. The van der Waals surface area contributed by atoms with Gasteiger partial charge in [0.05, 0.1) is 18.3 Å². The van der Waals surface area contributed by atoms with Crippen LogP contribution in [0.3, 0.4) is 0 Å². The molecule has 2 N–H and O–H groups in total. The van der Waals surface area contributed by atoms with Crippen molar-refractivity contribution in [1.82, 2.24) is 5.16 Å². The fraction of sp³-hybridized carbons (Fsp3) is 0.700. The maximum Gasteiger partial charge on any atom is 0.153 e. The van der Waals surface area contributed by atoms with Crippen LogP contribution in [0.4, 0.5) is 0 Å². The zero-order valence-corrected chi connectivity index (χ0v) is 8.99. The minimum atomic E-state index is -0.0500. The Labute approximate surface area is 84.4 Å². The highest BCUT2D eigenvalue weighted by Crippen LogP contribution is 2.20. The van der Waals surface area contributed by atoms with Crippen molar-refractivity contribution in [2.24, 2.45) is 5.73 Å². The first-order valence-electron chi connectivity index (χ1n) is 4.90. The standard InChI is InChI=1S/C10H18N2O2/c1-4-8(11)10-5-9(12-14-10)7(2)6-13-3/h5,7-8H,4,6,11H2,1-3H3. The number of methoxy groups -OCH3 is 1. The van der Waals surface area contributed by atoms with E-state index in [0.29, 0.717) is 6.61 Å². The monoisotopic (exact) mass is 198 g/mol. The molecule has 0 aromatic carbocycles. The van der Waals surface area contributed by atoms with Gasteiger partial charge >= 0.3 is 0 Å². The van der Waals surface area contributed by atoms with Crippen molar-refractivity contribution in [1.29, 1.82) is 0 Å². The Hall–Kier alpha value is -0.870. The van der Waals surface area contributed by atoms with Gasteiger partial charge in [0.25, 0.3) is 0 Å². The third-order valence-corrected chi connectivity index (χ3v) is 2.27. The highest BCUT2D eigenvalue weighted by Gasteiger charge is 2.14. The van der Waals surface area contributed by atoms with Gasteiger partial charge in [-0.05, 0) is 6.42 Å². The Balaban J connectivity index is 2.67. The number of hydrogen-bond donors (Lipinski definition) is 1. The van der Waals surface area contributed by atoms with E-state index in [1.54, 1.807) is 7.11 Å². The Bertz CT molecular complexity index is 273. The number of ether oxygens (including phenoxy) is 1. The molecule has 0 saturated carbocycles. The molecule has 1 rings (SSSR count). The van der Waals surface area contributed by atoms with Crippen molar-refractivity contribution < 1.29 is 9.26 Å². The number of hydrogen-bond acceptors (Lipinski definition) is 4. The van der Waals surface area contributed by atoms with E-state index in [4.69, 9.17) is 15.0 Å². The van der Waals surface area contributed by atoms with E-state index in [2.05, 4.69) is 5.16 Å². The van der Waals surface area contributed by atoms with E-state index in [1.165, 1.54) is 0 Å². The molecule has 1 heterocycles. The average Bonchev–Trinajstić information content (AvgIpc) is 2.66. The van der Waals surface area contributed by atoms with Crippen molar-refractivity contribution in [3.05, 3.63) is 17.5 Å². The van der Waals surface area contributed by atoms with Gasteiger partial charge in [0, 0.05) is 19.1 Å². The van der Waals surface area contributed by atoms with Crippen LogP contribution in [0.5, 0.6) is 0 Å². The number of aromatic nitrogens is 1. The lowest BCUT2D eigenvalue weighted by Crippen LogP contribution is -2.07. The lowest BCUT2D eigenvalue weighted by molar-refractivity contribution is 0.181. The van der Waals surface area contributed by atoms with E-state index in [0.717, 1.165) is 17.9 Å². The van der Waals surface area contributed by atoms with E-state index < -0.39 is 0 Å². The third kappa shape index (κ3) is 2.56. The van der Waals surface area contributed by atoms with E-state index >= 15 is 0 Å². The molecule has 0 saturated heterocycles. The third-order valence-electron chi connectivity index (χ3n) is 2.27. The largest absolute Gasteiger partial charge is 0.384 e. The SMILES string of the molecule is CCC(N)c1cc(C(C)COC)no1. The van der Waals surface area contributed by atoms with Gasteiger partial charge in [-0.15, -0.1) is 0 Å². The summed E-state index contributed by atoms with van der Waals surface area (Å²) in [6, 6.07) is 1.86. The Morgan fingerprint density at radius 3 is 2.93 bits per heavy atom. The number of nitrogens with two attached hydrogens (primary N) is 1. The second-order valence-electron chi connectivity index (χ2n) is 3.53. The summed E-state index contributed by atoms with van der Waals surface area (Å²) < 4.78 is 10.2. The van der Waals surface area contributed by atoms with Crippen molar-refractivity contribution in [2.45, 2.75) is 32.2 Å². The number of nitrogens with zero attached hydrogens (tertiary/aromatic N) is 1. The summed E-state index contributed by atoms with van der Waals surface area (Å²) in [6.07, 6.45) is 0.854. The summed E-state index contributed by atoms with van der Waals surface area (Å²) >= 11 is 0. The molecule has 0 aliphatic rings. The first kappa shape index (κ1) is 11.2. The fourth-order valence-electron chi connectivity index (χ4n) is 1.25. The molecular formula is C10H18N2O2. The van der Waals surface area contributed by atoms with Crippen LogP contribution in [-0.2, 0) is 4.74 Å². The van der Waals surface area contributed by atoms with Crippen LogP contribution in [0, 0.1) is 0 Å². The van der Waals surface area contributed by atoms with Gasteiger partial charge in [-0.3, -0.25) is 0 Å². The molecule has 0 fully saturated rings. The highest BCUT2D eigenvalue weighted by molar-refractivity contribution is 5.12. The normalized spacial score (nSPS) is 15.4. The summed E-state index contributed by atoms with van der Waals surface area (Å²) in [5.41, 5.74) is 6.72. The molecule has 0 aliphatic carbocycles. The topological polar surface area (TPSA) is 61.3 Å². The fourth-order valence-corrected chi connectivity index (χ4v) is 1.25. The van der Waals surface area contributed by atoms with Gasteiger partial charge in [0.2, 0.25) is 0 Å². The molecule has 4 nitrogen and oxygen atoms in total. The zero-order chi connectivity index (χ0) is 10.6. The average molecular weight is 198 g/mol. The van der Waals surface area contributed by atoms with Gasteiger partial charge in [0.1, 0.15) is 0 Å². The smallest absolute Gasteiger partial charge is 0.153 e. The summed E-state index contributed by atoms with van der Waals surface area (Å²) in [5.74, 6) is 1.01. The van der Waals surface area contributed by atoms with Gasteiger partial charge in [-0.1, -0.05) is 19.0 Å². The van der Waals surface area contributed by atoms with Gasteiger partial charge < -0.3 is 15.0 Å². The van der Waals surface area contributed by atoms with E-state index in [1.807, 2.05) is 19.9 Å². The molecule has 0 spiro atoms. The van der Waals surface area contributed by atoms with Crippen LogP contribution < -0.4 is 5.73 Å². The van der Waals surface area contributed by atoms with Crippen LogP contribution in [0.15, 0.2) is 10.6 Å². The predicted octanol–water partition coefficient (Wildman–Crippen LogP) is 1.83. The summed E-state index contributed by atoms with van der Waals surface area (Å²) in [4.78, 5) is 0. The lowest BCUT2D eigenvalue weighted by Gasteiger charge is -2.04. The molecule has 0 bridgehead atoms. The molecule has 0 amide bonds. The zero-order valence-electron chi connectivity index (χ0n) is 8.99. The van der Waals surface area contributed by atoms with Crippen molar-refractivity contribution >= 4 is 0 Å². The summed E-state index contributed by atoms with van der Waals surface area (Å²) in [5, 5.41) is 3.97. The molecule has 80 valence electrons. The molecule has 14 heavy (non-hydrogen) atoms. The van der Waals surface area contributed by atoms with Gasteiger partial charge in [-0.25, -0.2) is 0 Å². The first-order chi connectivity index (χ1) is 6.69. The van der Waals surface area contributed by atoms with E-state index in [-0.39, 0.29) is 12.0 Å². The predicted molar refractivity (Wildman–Crippen MR) is 54.0 cm³/mol. The minimum absolute atomic E-state index is 0.0500. The van der Waals surface area contributed by atoms with Gasteiger partial charge in [0.15, 0.2) is 5.76 Å². The van der Waals surface area contributed by atoms with Crippen LogP contribution >= 0.6 is 0 Å². The van der Waals surface area contributed by atoms with Gasteiger partial charge in [-0.2, -0.15) is 0 Å². The lowest BCUT2D eigenvalue weighted by atomic mass is 10.1. The minimum Gasteiger partial charge on any atom is -0.384 e. The summed E-state index contributed by atoms with van der Waals surface area (Å²) in [7, 11) is 1.68. The number of rotatable bonds is 5. The van der Waals surface area contributed by atoms with Crippen molar-refractivity contribution in [3.8, 4) is 0 Å². The van der Waals surface area contributed by atoms with Crippen LogP contribution in [-0.4, -0.2) is 18.9 Å². The molecule has 0 aliphatic heterocycles. The second kappa shape index (κ2) is 5.12. The molecular weight excluding hydrogens is 180 g/mol. The molecule has 1 aromatic rings. The molecule has 1 aromatic heterocycles. The quantitative estimate of drug-likeness (QED) is 0.784. The Morgan fingerprint density at radius 1 is 1.64 bits per heavy atom. The maximum absolute atomic E-state index is 5.82. The Morgan fingerprint density at radius 2 is 2.36 bits per heavy atom. The molecule has 2 unspecified atom stereocenters. The van der Waals surface area contributed by atoms with Crippen LogP contribution in [0.2, 0.25) is 0 Å². The molecule has 0 radical (unpaired) electrons. The molecule has 2 atom stereocenters. The summed E-state index contributed by atoms with van der Waals surface area (Å²) in [6.45, 7) is 4.71. The van der Waals surface area contributed by atoms with E-state index in [9.17, 15) is 0 Å². The first-order valence-corrected chi connectivity index (χ1v) is 4.90. The van der Waals surface area contributed by atoms with Crippen molar-refractivity contribution in [2.75, 3.05) is 13.7 Å². The van der Waals surface area contributed by atoms with Crippen LogP contribution in [0.25, 0.3) is 0 Å². The van der Waals surface area contributed by atoms with Crippen molar-refractivity contribution in [3.63, 3.8) is 0 Å². The van der Waals surface area contributed by atoms with Crippen LogP contribution in [0.1, 0.15) is 43.7 Å². The highest BCUT2D eigenvalue weighted by atomic mass is 16.5. The second-order valence-corrected chi connectivity index (χ2v) is 3.53. The Kier molecular flexibility index (Phi) is 4.10.